The SMILES string of the molecule is NCC1CCC1c1occc1Br. The van der Waals surface area contributed by atoms with Crippen LogP contribution in [0.5, 0.6) is 0 Å². The molecule has 1 heterocycles. The molecule has 0 amide bonds. The van der Waals surface area contributed by atoms with Gasteiger partial charge in [0.25, 0.3) is 0 Å². The van der Waals surface area contributed by atoms with Crippen molar-refractivity contribution < 1.29 is 4.42 Å². The third-order valence-corrected chi connectivity index (χ3v) is 3.36. The van der Waals surface area contributed by atoms with Crippen LogP contribution in [0, 0.1) is 5.92 Å². The maximum Gasteiger partial charge on any atom is 0.121 e. The van der Waals surface area contributed by atoms with Crippen LogP contribution in [-0.2, 0) is 0 Å². The summed E-state index contributed by atoms with van der Waals surface area (Å²) < 4.78 is 6.49. The van der Waals surface area contributed by atoms with Crippen molar-refractivity contribution in [2.45, 2.75) is 18.8 Å². The number of hydrogen-bond acceptors (Lipinski definition) is 2. The number of furan rings is 1. The molecule has 1 aliphatic rings. The van der Waals surface area contributed by atoms with Crippen molar-refractivity contribution in [2.24, 2.45) is 11.7 Å². The van der Waals surface area contributed by atoms with Crippen molar-refractivity contribution >= 4 is 15.9 Å². The Morgan fingerprint density at radius 3 is 2.83 bits per heavy atom. The van der Waals surface area contributed by atoms with Gasteiger partial charge in [-0.2, -0.15) is 0 Å². The lowest BCUT2D eigenvalue weighted by molar-refractivity contribution is 0.228. The highest BCUT2D eigenvalue weighted by Crippen LogP contribution is 2.44. The molecular weight excluding hydrogens is 218 g/mol. The van der Waals surface area contributed by atoms with Crippen molar-refractivity contribution in [3.8, 4) is 0 Å². The molecule has 2 N–H and O–H groups in total. The van der Waals surface area contributed by atoms with E-state index in [0.29, 0.717) is 11.8 Å². The smallest absolute Gasteiger partial charge is 0.121 e. The van der Waals surface area contributed by atoms with Crippen LogP contribution in [0.25, 0.3) is 0 Å². The van der Waals surface area contributed by atoms with Crippen molar-refractivity contribution in [3.63, 3.8) is 0 Å². The zero-order valence-corrected chi connectivity index (χ0v) is 8.38. The van der Waals surface area contributed by atoms with Crippen LogP contribution in [0.2, 0.25) is 0 Å². The molecule has 1 fully saturated rings. The third kappa shape index (κ3) is 1.21. The first-order valence-electron chi connectivity index (χ1n) is 4.26. The monoisotopic (exact) mass is 229 g/mol. The van der Waals surface area contributed by atoms with Gasteiger partial charge in [0.05, 0.1) is 10.7 Å². The fourth-order valence-corrected chi connectivity index (χ4v) is 2.26. The molecule has 0 saturated heterocycles. The average Bonchev–Trinajstić information content (AvgIpc) is 2.36. The summed E-state index contributed by atoms with van der Waals surface area (Å²) in [6.07, 6.45) is 4.19. The molecule has 2 nitrogen and oxygen atoms in total. The van der Waals surface area contributed by atoms with E-state index in [4.69, 9.17) is 10.2 Å². The molecule has 1 aromatic rings. The number of nitrogens with two attached hydrogens (primary N) is 1. The Bertz CT molecular complexity index is 269. The van der Waals surface area contributed by atoms with E-state index >= 15 is 0 Å². The van der Waals surface area contributed by atoms with Gasteiger partial charge in [-0.1, -0.05) is 0 Å². The maximum absolute atomic E-state index is 5.62. The van der Waals surface area contributed by atoms with Crippen LogP contribution in [0.15, 0.2) is 21.2 Å². The highest BCUT2D eigenvalue weighted by molar-refractivity contribution is 9.10. The highest BCUT2D eigenvalue weighted by Gasteiger charge is 2.34. The minimum absolute atomic E-state index is 0.555. The van der Waals surface area contributed by atoms with Gasteiger partial charge < -0.3 is 10.2 Å². The van der Waals surface area contributed by atoms with Gasteiger partial charge in [0.15, 0.2) is 0 Å². The van der Waals surface area contributed by atoms with Gasteiger partial charge in [0.1, 0.15) is 5.76 Å². The summed E-state index contributed by atoms with van der Waals surface area (Å²) in [6, 6.07) is 1.95. The van der Waals surface area contributed by atoms with Crippen molar-refractivity contribution in [1.29, 1.82) is 0 Å². The molecule has 2 atom stereocenters. The van der Waals surface area contributed by atoms with Gasteiger partial charge >= 0.3 is 0 Å². The molecule has 1 aromatic heterocycles. The van der Waals surface area contributed by atoms with Crippen LogP contribution in [-0.4, -0.2) is 6.54 Å². The molecule has 2 unspecified atom stereocenters. The Morgan fingerprint density at radius 2 is 2.42 bits per heavy atom. The molecule has 3 heteroatoms. The average molecular weight is 230 g/mol. The van der Waals surface area contributed by atoms with Crippen molar-refractivity contribution in [2.75, 3.05) is 6.54 Å². The summed E-state index contributed by atoms with van der Waals surface area (Å²) in [5.41, 5.74) is 5.62. The quantitative estimate of drug-likeness (QED) is 0.847. The molecule has 0 aromatic carbocycles. The molecule has 1 saturated carbocycles. The van der Waals surface area contributed by atoms with Crippen LogP contribution < -0.4 is 5.73 Å². The molecule has 1 aliphatic carbocycles. The Morgan fingerprint density at radius 1 is 1.58 bits per heavy atom. The summed E-state index contributed by atoms with van der Waals surface area (Å²) >= 11 is 3.46. The van der Waals surface area contributed by atoms with E-state index in [1.54, 1.807) is 6.26 Å². The molecular formula is C9H12BrNO. The van der Waals surface area contributed by atoms with Gasteiger partial charge in [0, 0.05) is 5.92 Å². The summed E-state index contributed by atoms with van der Waals surface area (Å²) in [5, 5.41) is 0. The normalized spacial score (nSPS) is 28.5. The standard InChI is InChI=1S/C9H12BrNO/c10-8-3-4-12-9(8)7-2-1-6(7)5-11/h3-4,6-7H,1-2,5,11H2. The largest absolute Gasteiger partial charge is 0.468 e. The van der Waals surface area contributed by atoms with Crippen LogP contribution in [0.3, 0.4) is 0 Å². The van der Waals surface area contributed by atoms with Gasteiger partial charge in [0.2, 0.25) is 0 Å². The first kappa shape index (κ1) is 8.32. The first-order chi connectivity index (χ1) is 5.83. The second-order valence-electron chi connectivity index (χ2n) is 3.31. The highest BCUT2D eigenvalue weighted by atomic mass is 79.9. The Kier molecular flexibility index (Phi) is 2.24. The minimum Gasteiger partial charge on any atom is -0.468 e. The fourth-order valence-electron chi connectivity index (χ4n) is 1.77. The zero-order chi connectivity index (χ0) is 8.55. The topological polar surface area (TPSA) is 39.2 Å². The minimum atomic E-state index is 0.555. The number of hydrogen-bond donors (Lipinski definition) is 1. The second-order valence-corrected chi connectivity index (χ2v) is 4.17. The summed E-state index contributed by atoms with van der Waals surface area (Å²) in [4.78, 5) is 0. The van der Waals surface area contributed by atoms with E-state index in [0.717, 1.165) is 16.8 Å². The molecule has 0 radical (unpaired) electrons. The Labute approximate surface area is 80.3 Å². The lowest BCUT2D eigenvalue weighted by Gasteiger charge is -2.34. The maximum atomic E-state index is 5.62. The van der Waals surface area contributed by atoms with Gasteiger partial charge in [-0.15, -0.1) is 0 Å². The van der Waals surface area contributed by atoms with E-state index in [1.165, 1.54) is 12.8 Å². The van der Waals surface area contributed by atoms with Gasteiger partial charge in [-0.25, -0.2) is 0 Å². The molecule has 66 valence electrons. The van der Waals surface area contributed by atoms with E-state index in [-0.39, 0.29) is 0 Å². The summed E-state index contributed by atoms with van der Waals surface area (Å²) in [5.74, 6) is 2.27. The zero-order valence-electron chi connectivity index (χ0n) is 6.79. The number of halogens is 1. The van der Waals surface area contributed by atoms with Gasteiger partial charge in [-0.05, 0) is 47.3 Å². The van der Waals surface area contributed by atoms with E-state index < -0.39 is 0 Å². The van der Waals surface area contributed by atoms with E-state index in [1.807, 2.05) is 6.07 Å². The fraction of sp³-hybridized carbons (Fsp3) is 0.556. The third-order valence-electron chi connectivity index (χ3n) is 2.70. The van der Waals surface area contributed by atoms with Crippen LogP contribution >= 0.6 is 15.9 Å². The van der Waals surface area contributed by atoms with Crippen LogP contribution in [0.4, 0.5) is 0 Å². The predicted octanol–water partition coefficient (Wildman–Crippen LogP) is 2.49. The van der Waals surface area contributed by atoms with Crippen molar-refractivity contribution in [3.05, 3.63) is 22.6 Å². The molecule has 0 spiro atoms. The van der Waals surface area contributed by atoms with E-state index in [9.17, 15) is 0 Å². The predicted molar refractivity (Wildman–Crippen MR) is 50.9 cm³/mol. The lowest BCUT2D eigenvalue weighted by atomic mass is 9.72. The molecule has 0 aliphatic heterocycles. The van der Waals surface area contributed by atoms with Crippen molar-refractivity contribution in [1.82, 2.24) is 0 Å². The van der Waals surface area contributed by atoms with Crippen LogP contribution in [0.1, 0.15) is 24.5 Å². The summed E-state index contributed by atoms with van der Waals surface area (Å²) in [7, 11) is 0. The molecule has 0 bridgehead atoms. The molecule has 2 rings (SSSR count). The summed E-state index contributed by atoms with van der Waals surface area (Å²) in [6.45, 7) is 0.776. The lowest BCUT2D eigenvalue weighted by Crippen LogP contribution is -2.30. The Hall–Kier alpha value is -0.280. The van der Waals surface area contributed by atoms with Gasteiger partial charge in [-0.3, -0.25) is 0 Å². The second kappa shape index (κ2) is 3.23. The Balaban J connectivity index is 2.15. The molecule has 12 heavy (non-hydrogen) atoms. The van der Waals surface area contributed by atoms with E-state index in [2.05, 4.69) is 15.9 Å². The number of rotatable bonds is 2. The first-order valence-corrected chi connectivity index (χ1v) is 5.05.